The Morgan fingerprint density at radius 3 is 1.30 bits per heavy atom. The number of rotatable bonds is 8. The van der Waals surface area contributed by atoms with Crippen LogP contribution in [0.2, 0.25) is 0 Å². The van der Waals surface area contributed by atoms with Crippen molar-refractivity contribution in [3.8, 4) is 11.1 Å². The number of nitrogens with one attached hydrogen (secondary N) is 2. The third-order valence-electron chi connectivity index (χ3n) is 11.1. The molecular weight excluding hydrogens is 904 g/mol. The summed E-state index contributed by atoms with van der Waals surface area (Å²) in [7, 11) is -3.53. The number of urea groups is 1. The molecule has 0 aliphatic carbocycles. The molecule has 8 rings (SSSR count). The third kappa shape index (κ3) is 9.17. The Morgan fingerprint density at radius 2 is 0.833 bits per heavy atom. The summed E-state index contributed by atoms with van der Waals surface area (Å²) >= 11 is 0. The Hall–Kier alpha value is -6.86. The Morgan fingerprint density at radius 1 is 0.424 bits per heavy atom. The average molecular weight is 936 g/mol. The first-order valence-corrected chi connectivity index (χ1v) is 21.8. The summed E-state index contributed by atoms with van der Waals surface area (Å²) in [5.41, 5.74) is -6.69. The number of hydrogen-bond donors (Lipinski definition) is 2. The van der Waals surface area contributed by atoms with Gasteiger partial charge in [-0.25, -0.2) is 4.79 Å². The highest BCUT2D eigenvalue weighted by atomic mass is 31.2. The molecule has 8 aromatic carbocycles. The summed E-state index contributed by atoms with van der Waals surface area (Å²) in [6.07, 6.45) is -21.1. The summed E-state index contributed by atoms with van der Waals surface area (Å²) in [4.78, 5) is 13.9. The van der Waals surface area contributed by atoms with Gasteiger partial charge in [-0.05, 0) is 99.9 Å². The van der Waals surface area contributed by atoms with E-state index in [1.807, 2.05) is 0 Å². The van der Waals surface area contributed by atoms with Crippen LogP contribution in [0.25, 0.3) is 32.7 Å². The van der Waals surface area contributed by atoms with Crippen LogP contribution in [-0.4, -0.2) is 6.03 Å². The second kappa shape index (κ2) is 17.2. The van der Waals surface area contributed by atoms with Crippen LogP contribution < -0.4 is 26.5 Å². The predicted octanol–water partition coefficient (Wildman–Crippen LogP) is 14.9. The van der Waals surface area contributed by atoms with Gasteiger partial charge in [0.25, 0.3) is 0 Å². The highest BCUT2D eigenvalue weighted by molar-refractivity contribution is 7.95. The number of amides is 2. The summed E-state index contributed by atoms with van der Waals surface area (Å²) < 4.78 is 170. The SMILES string of the molecule is O=C(Nc1cc(C(F)(F)F)cc(C(F)(F)F)c1)Nc1ccc2ccccc2c1-c1c([P+](Cc2cc(C(F)(F)F)cc(C(F)(F)F)c2)(c2ccccc2)c2ccccc2)ccc2ccccc12. The zero-order valence-electron chi connectivity index (χ0n) is 33.8. The van der Waals surface area contributed by atoms with E-state index in [1.165, 1.54) is 6.07 Å². The number of hydrogen-bond acceptors (Lipinski definition) is 1. The molecule has 0 saturated heterocycles. The van der Waals surface area contributed by atoms with Gasteiger partial charge < -0.3 is 10.6 Å². The molecule has 8 aromatic rings. The van der Waals surface area contributed by atoms with Gasteiger partial charge in [0.15, 0.2) is 0 Å². The van der Waals surface area contributed by atoms with E-state index in [4.69, 9.17) is 0 Å². The van der Waals surface area contributed by atoms with E-state index in [9.17, 15) is 57.5 Å². The van der Waals surface area contributed by atoms with E-state index in [2.05, 4.69) is 10.6 Å². The fourth-order valence-electron chi connectivity index (χ4n) is 8.24. The van der Waals surface area contributed by atoms with Crippen LogP contribution in [0.3, 0.4) is 0 Å². The van der Waals surface area contributed by atoms with Gasteiger partial charge in [0, 0.05) is 16.8 Å². The Kier molecular flexibility index (Phi) is 11.9. The lowest BCUT2D eigenvalue weighted by atomic mass is 9.92. The van der Waals surface area contributed by atoms with Crippen molar-refractivity contribution in [2.24, 2.45) is 0 Å². The molecule has 0 fully saturated rings. The molecule has 0 unspecified atom stereocenters. The Bertz CT molecular complexity index is 2990. The molecule has 0 atom stereocenters. The monoisotopic (exact) mass is 935 g/mol. The molecule has 66 heavy (non-hydrogen) atoms. The van der Waals surface area contributed by atoms with Gasteiger partial charge in [0.05, 0.1) is 34.1 Å². The van der Waals surface area contributed by atoms with Crippen LogP contribution in [0.15, 0.2) is 170 Å². The third-order valence-corrected chi connectivity index (χ3v) is 15.4. The highest BCUT2D eigenvalue weighted by Gasteiger charge is 2.49. The second-order valence-electron chi connectivity index (χ2n) is 15.3. The number of anilines is 2. The fourth-order valence-corrected chi connectivity index (χ4v) is 12.7. The maximum Gasteiger partial charge on any atom is 0.416 e. The van der Waals surface area contributed by atoms with Crippen molar-refractivity contribution in [1.82, 2.24) is 0 Å². The van der Waals surface area contributed by atoms with E-state index in [-0.39, 0.29) is 29.5 Å². The van der Waals surface area contributed by atoms with Gasteiger partial charge >= 0.3 is 30.7 Å². The van der Waals surface area contributed by atoms with Crippen molar-refractivity contribution in [3.63, 3.8) is 0 Å². The Balaban J connectivity index is 1.43. The van der Waals surface area contributed by atoms with Gasteiger partial charge in [-0.1, -0.05) is 97.1 Å². The van der Waals surface area contributed by atoms with Gasteiger partial charge in [-0.3, -0.25) is 0 Å². The molecule has 0 aliphatic rings. The number of fused-ring (bicyclic) bond motifs is 2. The van der Waals surface area contributed by atoms with Gasteiger partial charge in [0.2, 0.25) is 0 Å². The molecule has 0 saturated carbocycles. The van der Waals surface area contributed by atoms with Crippen molar-refractivity contribution in [3.05, 3.63) is 198 Å². The number of benzene rings is 8. The lowest BCUT2D eigenvalue weighted by Crippen LogP contribution is -2.34. The highest BCUT2D eigenvalue weighted by Crippen LogP contribution is 2.61. The average Bonchev–Trinajstić information content (AvgIpc) is 3.27. The van der Waals surface area contributed by atoms with E-state index in [1.54, 1.807) is 127 Å². The molecule has 0 radical (unpaired) electrons. The predicted molar refractivity (Wildman–Crippen MR) is 235 cm³/mol. The zero-order chi connectivity index (χ0) is 47.2. The molecule has 0 spiro atoms. The topological polar surface area (TPSA) is 41.1 Å². The molecule has 0 heterocycles. The number of carbonyl (C=O) groups excluding carboxylic acids is 1. The second-order valence-corrected chi connectivity index (χ2v) is 18.8. The molecule has 0 bridgehead atoms. The smallest absolute Gasteiger partial charge is 0.308 e. The minimum absolute atomic E-state index is 0.0180. The van der Waals surface area contributed by atoms with E-state index >= 15 is 0 Å². The molecule has 2 N–H and O–H groups in total. The minimum atomic E-state index is -5.21. The number of carbonyl (C=O) groups is 1. The maximum atomic E-state index is 14.5. The van der Waals surface area contributed by atoms with Crippen LogP contribution in [0.4, 0.5) is 68.9 Å². The van der Waals surface area contributed by atoms with Crippen LogP contribution in [0.1, 0.15) is 27.8 Å². The van der Waals surface area contributed by atoms with Gasteiger partial charge in [-0.2, -0.15) is 52.7 Å². The van der Waals surface area contributed by atoms with Crippen LogP contribution in [0.5, 0.6) is 0 Å². The van der Waals surface area contributed by atoms with E-state index in [0.29, 0.717) is 72.9 Å². The summed E-state index contributed by atoms with van der Waals surface area (Å²) in [5, 5.41) is 8.64. The molecule has 2 amide bonds. The van der Waals surface area contributed by atoms with Crippen molar-refractivity contribution in [2.75, 3.05) is 10.6 Å². The number of alkyl halides is 12. The summed E-state index contributed by atoms with van der Waals surface area (Å²) in [5.74, 6) is 0. The standard InChI is InChI=1S/C50H31F12N2OP/c51-47(52,53)33-23-30(24-34(25-33)48(54,55)56)29-66(38-13-3-1-4-14-38,39-15-5-2-6-16-39)43-22-20-32-12-8-10-18-41(32)45(43)44-40-17-9-7-11-31(40)19-21-42(44)64-46(65)63-37-27-35(49(57,58)59)26-36(28-37)50(60,61)62/h1-28H,29H2,(H-,63,64,65)/p+1. The fraction of sp³-hybridized carbons (Fsp3) is 0.100. The lowest BCUT2D eigenvalue weighted by molar-refractivity contribution is -0.144. The molecule has 3 nitrogen and oxygen atoms in total. The van der Waals surface area contributed by atoms with Gasteiger partial charge in [0.1, 0.15) is 23.2 Å². The van der Waals surface area contributed by atoms with Crippen LogP contribution in [0, 0.1) is 0 Å². The van der Waals surface area contributed by atoms with E-state index < -0.39 is 65.9 Å². The first-order chi connectivity index (χ1) is 31.1. The van der Waals surface area contributed by atoms with Crippen molar-refractivity contribution < 1.29 is 57.5 Å². The zero-order valence-corrected chi connectivity index (χ0v) is 34.7. The lowest BCUT2D eigenvalue weighted by Gasteiger charge is -2.31. The van der Waals surface area contributed by atoms with Crippen LogP contribution >= 0.6 is 7.26 Å². The largest absolute Gasteiger partial charge is 0.416 e. The van der Waals surface area contributed by atoms with E-state index in [0.717, 1.165) is 0 Å². The van der Waals surface area contributed by atoms with Gasteiger partial charge in [-0.15, -0.1) is 0 Å². The molecule has 0 aliphatic heterocycles. The summed E-state index contributed by atoms with van der Waals surface area (Å²) in [6, 6.07) is 38.7. The van der Waals surface area contributed by atoms with Crippen molar-refractivity contribution in [2.45, 2.75) is 30.9 Å². The Labute approximate surface area is 369 Å². The minimum Gasteiger partial charge on any atom is -0.308 e. The number of halogens is 12. The maximum absolute atomic E-state index is 14.5. The van der Waals surface area contributed by atoms with Crippen LogP contribution in [-0.2, 0) is 30.9 Å². The molecular formula is C50H32F12N2OP+. The first kappa shape index (κ1) is 45.7. The molecule has 336 valence electrons. The summed E-state index contributed by atoms with van der Waals surface area (Å²) in [6.45, 7) is 0. The normalized spacial score (nSPS) is 12.7. The first-order valence-electron chi connectivity index (χ1n) is 19.8. The van der Waals surface area contributed by atoms with Crippen molar-refractivity contribution >= 4 is 62.1 Å². The quantitative estimate of drug-likeness (QED) is 0.116. The molecule has 16 heteroatoms. The van der Waals surface area contributed by atoms with Crippen molar-refractivity contribution in [1.29, 1.82) is 0 Å². The molecule has 0 aromatic heterocycles.